The lowest BCUT2D eigenvalue weighted by molar-refractivity contribution is 0.0774. The van der Waals surface area contributed by atoms with Gasteiger partial charge in [0.1, 0.15) is 11.5 Å². The summed E-state index contributed by atoms with van der Waals surface area (Å²) in [5.41, 5.74) is 1.26. The second kappa shape index (κ2) is 7.25. The zero-order valence-electron chi connectivity index (χ0n) is 13.2. The van der Waals surface area contributed by atoms with E-state index in [1.165, 1.54) is 18.4 Å². The van der Waals surface area contributed by atoms with E-state index in [2.05, 4.69) is 37.2 Å². The van der Waals surface area contributed by atoms with Crippen molar-refractivity contribution in [1.82, 2.24) is 10.2 Å². The number of furan rings is 1. The summed E-state index contributed by atoms with van der Waals surface area (Å²) in [4.78, 5) is 2.29. The predicted molar refractivity (Wildman–Crippen MR) is 80.7 cm³/mol. The Morgan fingerprint density at radius 2 is 2.25 bits per heavy atom. The lowest BCUT2D eigenvalue weighted by Gasteiger charge is -2.19. The van der Waals surface area contributed by atoms with Gasteiger partial charge >= 0.3 is 0 Å². The molecule has 1 atom stereocenters. The average Bonchev–Trinajstić information content (AvgIpc) is 2.97. The van der Waals surface area contributed by atoms with Crippen LogP contribution in [0, 0.1) is 6.92 Å². The topological polar surface area (TPSA) is 37.6 Å². The maximum Gasteiger partial charge on any atom is 0.118 e. The summed E-state index contributed by atoms with van der Waals surface area (Å²) < 4.78 is 11.5. The summed E-state index contributed by atoms with van der Waals surface area (Å²) in [7, 11) is 2.13. The minimum atomic E-state index is 0.401. The average molecular weight is 280 g/mol. The molecule has 4 heteroatoms. The maximum atomic E-state index is 5.86. The highest BCUT2D eigenvalue weighted by Gasteiger charge is 2.18. The van der Waals surface area contributed by atoms with Crippen molar-refractivity contribution in [3.63, 3.8) is 0 Å². The molecule has 1 saturated heterocycles. The highest BCUT2D eigenvalue weighted by molar-refractivity contribution is 5.20. The Balaban J connectivity index is 1.84. The van der Waals surface area contributed by atoms with Crippen LogP contribution in [0.15, 0.2) is 10.5 Å². The highest BCUT2D eigenvalue weighted by Crippen LogP contribution is 2.18. The van der Waals surface area contributed by atoms with Gasteiger partial charge in [-0.2, -0.15) is 0 Å². The fourth-order valence-electron chi connectivity index (χ4n) is 2.62. The summed E-state index contributed by atoms with van der Waals surface area (Å²) >= 11 is 0. The molecule has 1 aromatic rings. The van der Waals surface area contributed by atoms with Crippen molar-refractivity contribution in [3.05, 3.63) is 23.2 Å². The van der Waals surface area contributed by atoms with Crippen molar-refractivity contribution in [2.24, 2.45) is 0 Å². The van der Waals surface area contributed by atoms with E-state index in [0.29, 0.717) is 12.1 Å². The molecule has 1 aliphatic rings. The summed E-state index contributed by atoms with van der Waals surface area (Å²) in [5.74, 6) is 2.07. The molecule has 1 aromatic heterocycles. The molecule has 0 amide bonds. The molecule has 0 aliphatic carbocycles. The molecule has 0 bridgehead atoms. The second-order valence-corrected chi connectivity index (χ2v) is 6.16. The first kappa shape index (κ1) is 15.5. The Kier molecular flexibility index (Phi) is 5.64. The van der Waals surface area contributed by atoms with Crippen molar-refractivity contribution in [2.75, 3.05) is 20.2 Å². The van der Waals surface area contributed by atoms with E-state index in [1.807, 2.05) is 6.92 Å². The SMILES string of the molecule is Cc1oc(CN(C)CC2CCCO2)cc1CNC(C)C. The van der Waals surface area contributed by atoms with Gasteiger partial charge in [0.25, 0.3) is 0 Å². The van der Waals surface area contributed by atoms with Crippen LogP contribution in [0.2, 0.25) is 0 Å². The molecule has 2 rings (SSSR count). The van der Waals surface area contributed by atoms with E-state index < -0.39 is 0 Å². The fourth-order valence-corrected chi connectivity index (χ4v) is 2.62. The third kappa shape index (κ3) is 4.62. The number of rotatable bonds is 7. The molecule has 1 fully saturated rings. The largest absolute Gasteiger partial charge is 0.465 e. The van der Waals surface area contributed by atoms with Gasteiger partial charge in [0, 0.05) is 31.3 Å². The molecular formula is C16H28N2O2. The second-order valence-electron chi connectivity index (χ2n) is 6.16. The Bertz CT molecular complexity index is 409. The first-order valence-corrected chi connectivity index (χ1v) is 7.66. The summed E-state index contributed by atoms with van der Waals surface area (Å²) in [6.07, 6.45) is 2.78. The molecule has 1 aliphatic heterocycles. The quantitative estimate of drug-likeness (QED) is 0.833. The van der Waals surface area contributed by atoms with E-state index in [1.54, 1.807) is 0 Å². The molecular weight excluding hydrogens is 252 g/mol. The zero-order valence-corrected chi connectivity index (χ0v) is 13.2. The van der Waals surface area contributed by atoms with E-state index >= 15 is 0 Å². The molecule has 1 unspecified atom stereocenters. The van der Waals surface area contributed by atoms with Gasteiger partial charge in [0.2, 0.25) is 0 Å². The van der Waals surface area contributed by atoms with Crippen LogP contribution < -0.4 is 5.32 Å². The number of nitrogens with one attached hydrogen (secondary N) is 1. The first-order chi connectivity index (χ1) is 9.54. The van der Waals surface area contributed by atoms with Crippen LogP contribution in [0.5, 0.6) is 0 Å². The van der Waals surface area contributed by atoms with E-state index in [-0.39, 0.29) is 0 Å². The molecule has 4 nitrogen and oxygen atoms in total. The van der Waals surface area contributed by atoms with Crippen LogP contribution in [0.4, 0.5) is 0 Å². The van der Waals surface area contributed by atoms with Gasteiger partial charge in [-0.1, -0.05) is 13.8 Å². The number of likely N-dealkylation sites (N-methyl/N-ethyl adjacent to an activating group) is 1. The number of hydrogen-bond acceptors (Lipinski definition) is 4. The van der Waals surface area contributed by atoms with Crippen LogP contribution in [0.1, 0.15) is 43.8 Å². The van der Waals surface area contributed by atoms with E-state index in [4.69, 9.17) is 9.15 Å². The fraction of sp³-hybridized carbons (Fsp3) is 0.750. The summed E-state index contributed by atoms with van der Waals surface area (Å²) in [6, 6.07) is 2.67. The van der Waals surface area contributed by atoms with Crippen molar-refractivity contribution in [3.8, 4) is 0 Å². The van der Waals surface area contributed by atoms with Crippen LogP contribution >= 0.6 is 0 Å². The molecule has 0 aromatic carbocycles. The van der Waals surface area contributed by atoms with Crippen LogP contribution in [-0.4, -0.2) is 37.2 Å². The van der Waals surface area contributed by atoms with Crippen LogP contribution in [0.3, 0.4) is 0 Å². The van der Waals surface area contributed by atoms with Gasteiger partial charge in [-0.25, -0.2) is 0 Å². The molecule has 20 heavy (non-hydrogen) atoms. The molecule has 0 spiro atoms. The lowest BCUT2D eigenvalue weighted by Crippen LogP contribution is -2.28. The smallest absolute Gasteiger partial charge is 0.118 e. The Morgan fingerprint density at radius 3 is 2.90 bits per heavy atom. The Hall–Kier alpha value is -0.840. The van der Waals surface area contributed by atoms with Gasteiger partial charge in [-0.05, 0) is 32.9 Å². The van der Waals surface area contributed by atoms with Gasteiger partial charge in [0.05, 0.1) is 12.6 Å². The van der Waals surface area contributed by atoms with E-state index in [9.17, 15) is 0 Å². The summed E-state index contributed by atoms with van der Waals surface area (Å²) in [6.45, 7) is 9.99. The van der Waals surface area contributed by atoms with Crippen LogP contribution in [-0.2, 0) is 17.8 Å². The number of nitrogens with zero attached hydrogens (tertiary/aromatic N) is 1. The van der Waals surface area contributed by atoms with Gasteiger partial charge < -0.3 is 14.5 Å². The van der Waals surface area contributed by atoms with Crippen molar-refractivity contribution < 1.29 is 9.15 Å². The minimum Gasteiger partial charge on any atom is -0.465 e. The first-order valence-electron chi connectivity index (χ1n) is 7.66. The molecule has 2 heterocycles. The zero-order chi connectivity index (χ0) is 14.5. The normalized spacial score (nSPS) is 19.4. The number of hydrogen-bond donors (Lipinski definition) is 1. The lowest BCUT2D eigenvalue weighted by atomic mass is 10.2. The van der Waals surface area contributed by atoms with Crippen molar-refractivity contribution >= 4 is 0 Å². The van der Waals surface area contributed by atoms with Crippen molar-refractivity contribution in [1.29, 1.82) is 0 Å². The highest BCUT2D eigenvalue weighted by atomic mass is 16.5. The third-order valence-corrected chi connectivity index (χ3v) is 3.74. The third-order valence-electron chi connectivity index (χ3n) is 3.74. The minimum absolute atomic E-state index is 0.401. The Morgan fingerprint density at radius 1 is 1.45 bits per heavy atom. The standard InChI is InChI=1S/C16H28N2O2/c1-12(2)17-9-14-8-16(20-13(14)3)11-18(4)10-15-6-5-7-19-15/h8,12,15,17H,5-7,9-11H2,1-4H3. The monoisotopic (exact) mass is 280 g/mol. The van der Waals surface area contributed by atoms with Gasteiger partial charge in [-0.3, -0.25) is 4.90 Å². The molecule has 1 N–H and O–H groups in total. The maximum absolute atomic E-state index is 5.86. The molecule has 0 radical (unpaired) electrons. The molecule has 114 valence electrons. The van der Waals surface area contributed by atoms with Gasteiger partial charge in [-0.15, -0.1) is 0 Å². The van der Waals surface area contributed by atoms with Gasteiger partial charge in [0.15, 0.2) is 0 Å². The predicted octanol–water partition coefficient (Wildman–Crippen LogP) is 2.70. The van der Waals surface area contributed by atoms with E-state index in [0.717, 1.165) is 37.8 Å². The molecule has 0 saturated carbocycles. The Labute approximate surface area is 122 Å². The summed E-state index contributed by atoms with van der Waals surface area (Å²) in [5, 5.41) is 3.43. The van der Waals surface area contributed by atoms with Crippen LogP contribution in [0.25, 0.3) is 0 Å². The number of ether oxygens (including phenoxy) is 1. The van der Waals surface area contributed by atoms with Crippen molar-refractivity contribution in [2.45, 2.75) is 58.8 Å². The number of aryl methyl sites for hydroxylation is 1.